The van der Waals surface area contributed by atoms with Crippen LogP contribution in [0.3, 0.4) is 0 Å². The van der Waals surface area contributed by atoms with Crippen LogP contribution in [0.1, 0.15) is 39.5 Å². The Labute approximate surface area is 91.0 Å². The largest absolute Gasteiger partial charge is 0.301 e. The van der Waals surface area contributed by atoms with Crippen LogP contribution in [0, 0.1) is 5.92 Å². The van der Waals surface area contributed by atoms with Crippen LogP contribution in [0.4, 0.5) is 0 Å². The maximum absolute atomic E-state index is 3.50. The van der Waals surface area contributed by atoms with E-state index in [9.17, 15) is 0 Å². The van der Waals surface area contributed by atoms with E-state index in [0.717, 1.165) is 17.3 Å². The Hall–Kier alpha value is 0.440. The fourth-order valence-corrected chi connectivity index (χ4v) is 2.08. The van der Waals surface area contributed by atoms with Gasteiger partial charge in [0.2, 0.25) is 0 Å². The Kier molecular flexibility index (Phi) is 5.34. The molecule has 0 N–H and O–H groups in total. The van der Waals surface area contributed by atoms with E-state index in [2.05, 4.69) is 34.7 Å². The molecule has 1 aliphatic rings. The lowest BCUT2D eigenvalue weighted by Crippen LogP contribution is -2.38. The molecule has 78 valence electrons. The van der Waals surface area contributed by atoms with E-state index in [4.69, 9.17) is 0 Å². The van der Waals surface area contributed by atoms with Crippen molar-refractivity contribution in [2.75, 3.05) is 18.4 Å². The summed E-state index contributed by atoms with van der Waals surface area (Å²) < 4.78 is 0. The zero-order chi connectivity index (χ0) is 9.68. The van der Waals surface area contributed by atoms with E-state index in [1.807, 2.05) is 0 Å². The van der Waals surface area contributed by atoms with Crippen molar-refractivity contribution in [2.24, 2.45) is 5.92 Å². The van der Waals surface area contributed by atoms with Crippen LogP contribution < -0.4 is 0 Å². The summed E-state index contributed by atoms with van der Waals surface area (Å²) in [5, 5.41) is 1.14. The van der Waals surface area contributed by atoms with Gasteiger partial charge in [0.05, 0.1) is 0 Å². The van der Waals surface area contributed by atoms with E-state index in [-0.39, 0.29) is 0 Å². The number of hydrogen-bond donors (Lipinski definition) is 0. The van der Waals surface area contributed by atoms with E-state index in [0.29, 0.717) is 0 Å². The van der Waals surface area contributed by atoms with E-state index >= 15 is 0 Å². The summed E-state index contributed by atoms with van der Waals surface area (Å²) in [4.78, 5) is 2.63. The average molecular weight is 248 g/mol. The highest BCUT2D eigenvalue weighted by Gasteiger charge is 2.21. The Morgan fingerprint density at radius 3 is 2.46 bits per heavy atom. The molecule has 2 heteroatoms. The zero-order valence-corrected chi connectivity index (χ0v) is 10.5. The summed E-state index contributed by atoms with van der Waals surface area (Å²) >= 11 is 3.50. The molecule has 0 aromatic heterocycles. The van der Waals surface area contributed by atoms with Gasteiger partial charge in [0, 0.05) is 17.9 Å². The molecule has 1 fully saturated rings. The highest BCUT2D eigenvalue weighted by molar-refractivity contribution is 9.09. The van der Waals surface area contributed by atoms with Crippen LogP contribution in [0.15, 0.2) is 0 Å². The predicted octanol–water partition coefficient (Wildman–Crippen LogP) is 3.28. The van der Waals surface area contributed by atoms with Gasteiger partial charge in [-0.3, -0.25) is 0 Å². The number of nitrogens with zero attached hydrogens (tertiary/aromatic N) is 1. The van der Waals surface area contributed by atoms with Gasteiger partial charge in [-0.2, -0.15) is 0 Å². The molecule has 1 saturated carbocycles. The minimum Gasteiger partial charge on any atom is -0.301 e. The van der Waals surface area contributed by atoms with Crippen molar-refractivity contribution in [1.82, 2.24) is 4.90 Å². The van der Waals surface area contributed by atoms with Crippen LogP contribution in [0.2, 0.25) is 0 Å². The summed E-state index contributed by atoms with van der Waals surface area (Å²) in [6.45, 7) is 7.23. The smallest absolute Gasteiger partial charge is 0.00434 e. The average Bonchev–Trinajstić information content (AvgIpc) is 2.01. The van der Waals surface area contributed by atoms with Gasteiger partial charge in [-0.15, -0.1) is 0 Å². The Morgan fingerprint density at radius 2 is 2.08 bits per heavy atom. The van der Waals surface area contributed by atoms with Crippen LogP contribution in [0.5, 0.6) is 0 Å². The number of rotatable bonds is 6. The Bertz CT molecular complexity index is 132. The molecule has 1 rings (SSSR count). The van der Waals surface area contributed by atoms with Crippen LogP contribution in [0.25, 0.3) is 0 Å². The zero-order valence-electron chi connectivity index (χ0n) is 8.93. The van der Waals surface area contributed by atoms with Gasteiger partial charge in [-0.1, -0.05) is 22.4 Å². The molecule has 0 aromatic carbocycles. The first-order chi connectivity index (χ1) is 6.24. The van der Waals surface area contributed by atoms with Gasteiger partial charge in [0.15, 0.2) is 0 Å². The van der Waals surface area contributed by atoms with Crippen molar-refractivity contribution in [2.45, 2.75) is 45.6 Å². The topological polar surface area (TPSA) is 3.24 Å². The van der Waals surface area contributed by atoms with Crippen molar-refractivity contribution in [1.29, 1.82) is 0 Å². The third kappa shape index (κ3) is 3.99. The van der Waals surface area contributed by atoms with Gasteiger partial charge in [0.25, 0.3) is 0 Å². The molecule has 0 atom stereocenters. The monoisotopic (exact) mass is 247 g/mol. The lowest BCUT2D eigenvalue weighted by molar-refractivity contribution is 0.148. The maximum atomic E-state index is 3.50. The van der Waals surface area contributed by atoms with Crippen molar-refractivity contribution in [3.05, 3.63) is 0 Å². The third-order valence-corrected chi connectivity index (χ3v) is 3.59. The Morgan fingerprint density at radius 1 is 1.38 bits per heavy atom. The summed E-state index contributed by atoms with van der Waals surface area (Å²) in [5.41, 5.74) is 0. The lowest BCUT2D eigenvalue weighted by Gasteiger charge is -2.34. The molecule has 0 aromatic rings. The minimum absolute atomic E-state index is 0.722. The van der Waals surface area contributed by atoms with Crippen molar-refractivity contribution < 1.29 is 0 Å². The second-order valence-corrected chi connectivity index (χ2v) is 5.22. The summed E-state index contributed by atoms with van der Waals surface area (Å²) in [6.07, 6.45) is 5.69. The fraction of sp³-hybridized carbons (Fsp3) is 1.00. The quantitative estimate of drug-likeness (QED) is 0.652. The molecule has 0 bridgehead atoms. The molecule has 0 spiro atoms. The predicted molar refractivity (Wildman–Crippen MR) is 62.5 cm³/mol. The van der Waals surface area contributed by atoms with Gasteiger partial charge in [-0.05, 0) is 45.6 Å². The van der Waals surface area contributed by atoms with E-state index in [1.165, 1.54) is 38.8 Å². The van der Waals surface area contributed by atoms with Crippen molar-refractivity contribution >= 4 is 15.9 Å². The molecular weight excluding hydrogens is 226 g/mol. The van der Waals surface area contributed by atoms with Crippen LogP contribution >= 0.6 is 15.9 Å². The van der Waals surface area contributed by atoms with Crippen LogP contribution in [-0.4, -0.2) is 29.4 Å². The molecule has 0 amide bonds. The second-order valence-electron chi connectivity index (χ2n) is 4.43. The molecule has 0 aliphatic heterocycles. The summed E-state index contributed by atoms with van der Waals surface area (Å²) in [6, 6.07) is 0.722. The highest BCUT2D eigenvalue weighted by atomic mass is 79.9. The third-order valence-electron chi connectivity index (χ3n) is 3.03. The molecule has 0 saturated heterocycles. The highest BCUT2D eigenvalue weighted by Crippen LogP contribution is 2.27. The number of halogens is 1. The molecular formula is C11H22BrN. The van der Waals surface area contributed by atoms with Gasteiger partial charge >= 0.3 is 0 Å². The molecule has 0 heterocycles. The molecule has 1 aliphatic carbocycles. The number of alkyl halides is 1. The number of hydrogen-bond acceptors (Lipinski definition) is 1. The first-order valence-corrected chi connectivity index (χ1v) is 6.66. The van der Waals surface area contributed by atoms with E-state index < -0.39 is 0 Å². The Balaban J connectivity index is 2.19. The molecule has 0 radical (unpaired) electrons. The summed E-state index contributed by atoms with van der Waals surface area (Å²) in [5.74, 6) is 1.01. The SMILES string of the molecule is CC(C)N(CCCBr)CC1CCC1. The van der Waals surface area contributed by atoms with Gasteiger partial charge in [-0.25, -0.2) is 0 Å². The molecule has 0 unspecified atom stereocenters. The van der Waals surface area contributed by atoms with Crippen molar-refractivity contribution in [3.63, 3.8) is 0 Å². The first kappa shape index (κ1) is 11.5. The van der Waals surface area contributed by atoms with Crippen LogP contribution in [-0.2, 0) is 0 Å². The molecule has 1 nitrogen and oxygen atoms in total. The fourth-order valence-electron chi connectivity index (χ4n) is 1.83. The summed E-state index contributed by atoms with van der Waals surface area (Å²) in [7, 11) is 0. The standard InChI is InChI=1S/C11H22BrN/c1-10(2)13(8-4-7-12)9-11-5-3-6-11/h10-11H,3-9H2,1-2H3. The molecule has 13 heavy (non-hydrogen) atoms. The van der Waals surface area contributed by atoms with Gasteiger partial charge < -0.3 is 4.90 Å². The second kappa shape index (κ2) is 6.02. The van der Waals surface area contributed by atoms with Crippen molar-refractivity contribution in [3.8, 4) is 0 Å². The first-order valence-electron chi connectivity index (χ1n) is 5.54. The lowest BCUT2D eigenvalue weighted by atomic mass is 9.85. The van der Waals surface area contributed by atoms with Gasteiger partial charge in [0.1, 0.15) is 0 Å². The maximum Gasteiger partial charge on any atom is 0.00434 e. The minimum atomic E-state index is 0.722. The van der Waals surface area contributed by atoms with E-state index in [1.54, 1.807) is 0 Å². The normalized spacial score (nSPS) is 18.2.